The van der Waals surface area contributed by atoms with Crippen LogP contribution < -0.4 is 11.1 Å². The topological polar surface area (TPSA) is 77.2 Å². The van der Waals surface area contributed by atoms with Crippen LogP contribution in [0.15, 0.2) is 36.5 Å². The molecule has 0 bridgehead atoms. The molecule has 0 aliphatic rings. The van der Waals surface area contributed by atoms with Crippen molar-refractivity contribution in [1.29, 1.82) is 0 Å². The summed E-state index contributed by atoms with van der Waals surface area (Å²) in [4.78, 5) is 16.1. The SMILES string of the molecule is CCOC(=O)c1cc(N)cnc1Nc1cccc(I)c1. The number of carbonyl (C=O) groups excluding carboxylic acids is 1. The monoisotopic (exact) mass is 383 g/mol. The Balaban J connectivity index is 2.33. The Morgan fingerprint density at radius 3 is 2.95 bits per heavy atom. The molecule has 0 saturated heterocycles. The third kappa shape index (κ3) is 3.60. The number of halogens is 1. The summed E-state index contributed by atoms with van der Waals surface area (Å²) in [7, 11) is 0. The lowest BCUT2D eigenvalue weighted by Gasteiger charge is -2.11. The Bertz CT molecular complexity index is 632. The molecule has 1 heterocycles. The van der Waals surface area contributed by atoms with E-state index in [2.05, 4.69) is 32.9 Å². The number of carbonyl (C=O) groups is 1. The van der Waals surface area contributed by atoms with Gasteiger partial charge >= 0.3 is 5.97 Å². The number of hydrogen-bond donors (Lipinski definition) is 2. The van der Waals surface area contributed by atoms with E-state index < -0.39 is 5.97 Å². The molecule has 0 spiro atoms. The smallest absolute Gasteiger partial charge is 0.341 e. The number of hydrogen-bond acceptors (Lipinski definition) is 5. The zero-order valence-corrected chi connectivity index (χ0v) is 13.0. The Morgan fingerprint density at radius 2 is 2.25 bits per heavy atom. The number of ether oxygens (including phenoxy) is 1. The number of nitrogens with two attached hydrogens (primary N) is 1. The molecule has 0 aliphatic carbocycles. The molecular formula is C14H14IN3O2. The molecule has 0 atom stereocenters. The van der Waals surface area contributed by atoms with Crippen LogP contribution in [-0.4, -0.2) is 17.6 Å². The fraction of sp³-hybridized carbons (Fsp3) is 0.143. The summed E-state index contributed by atoms with van der Waals surface area (Å²) in [6.07, 6.45) is 1.50. The van der Waals surface area contributed by atoms with E-state index in [-0.39, 0.29) is 0 Å². The molecular weight excluding hydrogens is 369 g/mol. The first-order chi connectivity index (χ1) is 9.60. The number of nitrogens with zero attached hydrogens (tertiary/aromatic N) is 1. The highest BCUT2D eigenvalue weighted by atomic mass is 127. The van der Waals surface area contributed by atoms with Crippen molar-refractivity contribution in [3.8, 4) is 0 Å². The third-order valence-corrected chi connectivity index (χ3v) is 3.16. The zero-order valence-electron chi connectivity index (χ0n) is 10.9. The van der Waals surface area contributed by atoms with Crippen LogP contribution in [0.2, 0.25) is 0 Å². The van der Waals surface area contributed by atoms with Crippen molar-refractivity contribution in [2.24, 2.45) is 0 Å². The van der Waals surface area contributed by atoms with Crippen molar-refractivity contribution >= 4 is 45.8 Å². The van der Waals surface area contributed by atoms with Gasteiger partial charge < -0.3 is 15.8 Å². The zero-order chi connectivity index (χ0) is 14.5. The van der Waals surface area contributed by atoms with E-state index in [4.69, 9.17) is 10.5 Å². The number of aromatic nitrogens is 1. The largest absolute Gasteiger partial charge is 0.462 e. The van der Waals surface area contributed by atoms with Gasteiger partial charge in [0.15, 0.2) is 0 Å². The lowest BCUT2D eigenvalue weighted by Crippen LogP contribution is -2.10. The fourth-order valence-electron chi connectivity index (χ4n) is 1.65. The van der Waals surface area contributed by atoms with Gasteiger partial charge in [-0.1, -0.05) is 6.07 Å². The Labute approximate surface area is 130 Å². The maximum Gasteiger partial charge on any atom is 0.341 e. The molecule has 3 N–H and O–H groups in total. The minimum absolute atomic E-state index is 0.302. The first-order valence-electron chi connectivity index (χ1n) is 6.05. The Kier molecular flexibility index (Phi) is 4.78. The molecule has 0 fully saturated rings. The van der Waals surface area contributed by atoms with Crippen LogP contribution in [0.3, 0.4) is 0 Å². The summed E-state index contributed by atoms with van der Waals surface area (Å²) in [5, 5.41) is 3.11. The minimum atomic E-state index is -0.444. The van der Waals surface area contributed by atoms with Crippen molar-refractivity contribution in [2.45, 2.75) is 6.92 Å². The van der Waals surface area contributed by atoms with Crippen LogP contribution in [0.25, 0.3) is 0 Å². The van der Waals surface area contributed by atoms with Gasteiger partial charge in [-0.25, -0.2) is 9.78 Å². The Morgan fingerprint density at radius 1 is 1.45 bits per heavy atom. The number of esters is 1. The van der Waals surface area contributed by atoms with Crippen LogP contribution in [0, 0.1) is 3.57 Å². The lowest BCUT2D eigenvalue weighted by molar-refractivity contribution is 0.0527. The van der Waals surface area contributed by atoms with E-state index in [9.17, 15) is 4.79 Å². The number of benzene rings is 1. The van der Waals surface area contributed by atoms with Crippen molar-refractivity contribution in [3.63, 3.8) is 0 Å². The van der Waals surface area contributed by atoms with Gasteiger partial charge in [-0.2, -0.15) is 0 Å². The van der Waals surface area contributed by atoms with Gasteiger partial charge in [0.2, 0.25) is 0 Å². The van der Waals surface area contributed by atoms with E-state index in [1.54, 1.807) is 13.0 Å². The van der Waals surface area contributed by atoms with Crippen molar-refractivity contribution in [1.82, 2.24) is 4.98 Å². The highest BCUT2D eigenvalue weighted by Gasteiger charge is 2.14. The van der Waals surface area contributed by atoms with Crippen LogP contribution in [0.1, 0.15) is 17.3 Å². The van der Waals surface area contributed by atoms with Crippen molar-refractivity contribution in [2.75, 3.05) is 17.7 Å². The summed E-state index contributed by atoms with van der Waals surface area (Å²) >= 11 is 2.22. The standard InChI is InChI=1S/C14H14IN3O2/c1-2-20-14(19)12-7-10(16)8-17-13(12)18-11-5-3-4-9(15)6-11/h3-8H,2,16H2,1H3,(H,17,18). The molecule has 5 nitrogen and oxygen atoms in total. The van der Waals surface area contributed by atoms with E-state index in [1.807, 2.05) is 24.3 Å². The normalized spacial score (nSPS) is 10.1. The van der Waals surface area contributed by atoms with E-state index >= 15 is 0 Å². The van der Waals surface area contributed by atoms with E-state index in [0.717, 1.165) is 9.26 Å². The number of pyridine rings is 1. The van der Waals surface area contributed by atoms with Crippen LogP contribution in [0.5, 0.6) is 0 Å². The molecule has 1 aromatic carbocycles. The quantitative estimate of drug-likeness (QED) is 0.627. The average molecular weight is 383 g/mol. The summed E-state index contributed by atoms with van der Waals surface area (Å²) in [6.45, 7) is 2.06. The second-order valence-electron chi connectivity index (χ2n) is 4.02. The first kappa shape index (κ1) is 14.6. The molecule has 0 radical (unpaired) electrons. The average Bonchev–Trinajstić information content (AvgIpc) is 2.41. The van der Waals surface area contributed by atoms with Gasteiger partial charge in [0.05, 0.1) is 18.5 Å². The molecule has 0 aliphatic heterocycles. The Hall–Kier alpha value is -1.83. The van der Waals surface area contributed by atoms with Crippen molar-refractivity contribution < 1.29 is 9.53 Å². The molecule has 20 heavy (non-hydrogen) atoms. The van der Waals surface area contributed by atoms with Crippen LogP contribution >= 0.6 is 22.6 Å². The van der Waals surface area contributed by atoms with E-state index in [0.29, 0.717) is 23.7 Å². The maximum absolute atomic E-state index is 11.9. The highest BCUT2D eigenvalue weighted by molar-refractivity contribution is 14.1. The lowest BCUT2D eigenvalue weighted by atomic mass is 10.2. The van der Waals surface area contributed by atoms with Gasteiger partial charge in [0.25, 0.3) is 0 Å². The maximum atomic E-state index is 11.9. The van der Waals surface area contributed by atoms with Gasteiger partial charge in [0.1, 0.15) is 11.4 Å². The van der Waals surface area contributed by atoms with Gasteiger partial charge in [-0.3, -0.25) is 0 Å². The summed E-state index contributed by atoms with van der Waals surface area (Å²) in [5.74, 6) is -0.0138. The van der Waals surface area contributed by atoms with Gasteiger partial charge in [0, 0.05) is 9.26 Å². The second kappa shape index (κ2) is 6.56. The number of nitrogen functional groups attached to an aromatic ring is 1. The predicted octanol–water partition coefficient (Wildman–Crippen LogP) is 3.19. The molecule has 1 aromatic heterocycles. The molecule has 104 valence electrons. The molecule has 0 unspecified atom stereocenters. The number of nitrogens with one attached hydrogen (secondary N) is 1. The summed E-state index contributed by atoms with van der Waals surface area (Å²) in [5.41, 5.74) is 7.27. The molecule has 2 rings (SSSR count). The predicted molar refractivity (Wildman–Crippen MR) is 87.0 cm³/mol. The summed E-state index contributed by atoms with van der Waals surface area (Å²) < 4.78 is 6.09. The van der Waals surface area contributed by atoms with Crippen LogP contribution in [0.4, 0.5) is 17.2 Å². The molecule has 2 aromatic rings. The second-order valence-corrected chi connectivity index (χ2v) is 5.27. The van der Waals surface area contributed by atoms with E-state index in [1.165, 1.54) is 6.20 Å². The highest BCUT2D eigenvalue weighted by Crippen LogP contribution is 2.22. The van der Waals surface area contributed by atoms with Gasteiger partial charge in [-0.05, 0) is 53.8 Å². The minimum Gasteiger partial charge on any atom is -0.462 e. The summed E-state index contributed by atoms with van der Waals surface area (Å²) in [6, 6.07) is 9.31. The number of rotatable bonds is 4. The molecule has 0 amide bonds. The third-order valence-electron chi connectivity index (χ3n) is 2.49. The molecule has 0 saturated carbocycles. The van der Waals surface area contributed by atoms with Crippen molar-refractivity contribution in [3.05, 3.63) is 45.7 Å². The van der Waals surface area contributed by atoms with Crippen LogP contribution in [-0.2, 0) is 4.74 Å². The van der Waals surface area contributed by atoms with Gasteiger partial charge in [-0.15, -0.1) is 0 Å². The molecule has 6 heteroatoms. The fourth-order valence-corrected chi connectivity index (χ4v) is 2.19. The first-order valence-corrected chi connectivity index (χ1v) is 7.13. The number of anilines is 3.